The first-order chi connectivity index (χ1) is 38.0. The van der Waals surface area contributed by atoms with Gasteiger partial charge in [-0.2, -0.15) is 0 Å². The fraction of sp³-hybridized carbons (Fsp3) is 0.944. The molecule has 77 heavy (non-hydrogen) atoms. The van der Waals surface area contributed by atoms with Crippen molar-refractivity contribution in [2.75, 3.05) is 13.2 Å². The normalized spacial score (nSPS) is 12.5. The first-order valence-electron chi connectivity index (χ1n) is 35.5. The molecule has 0 spiro atoms. The van der Waals surface area contributed by atoms with Crippen molar-refractivity contribution < 1.29 is 24.5 Å². The number of rotatable bonds is 67. The highest BCUT2D eigenvalue weighted by Gasteiger charge is 2.18. The van der Waals surface area contributed by atoms with Crippen molar-refractivity contribution in [3.8, 4) is 0 Å². The molecule has 0 aromatic rings. The number of hydrogen-bond donors (Lipinski definition) is 3. The number of hydrogen-bond acceptors (Lipinski definition) is 5. The highest BCUT2D eigenvalue weighted by atomic mass is 16.5. The molecule has 0 aromatic heterocycles. The molecule has 2 atom stereocenters. The molecule has 6 heteroatoms. The van der Waals surface area contributed by atoms with E-state index in [0.29, 0.717) is 19.4 Å². The molecule has 6 nitrogen and oxygen atoms in total. The van der Waals surface area contributed by atoms with E-state index >= 15 is 0 Å². The summed E-state index contributed by atoms with van der Waals surface area (Å²) in [6, 6.07) is -0.626. The second kappa shape index (κ2) is 67.1. The van der Waals surface area contributed by atoms with Crippen LogP contribution in [-0.4, -0.2) is 47.4 Å². The van der Waals surface area contributed by atoms with Crippen LogP contribution in [0.25, 0.3) is 0 Å². The van der Waals surface area contributed by atoms with Crippen LogP contribution in [0, 0.1) is 0 Å². The summed E-state index contributed by atoms with van der Waals surface area (Å²) in [7, 11) is 0. The minimum atomic E-state index is -0.843. The Balaban J connectivity index is 3.38. The van der Waals surface area contributed by atoms with E-state index in [4.69, 9.17) is 4.74 Å². The number of esters is 1. The lowest BCUT2D eigenvalue weighted by Crippen LogP contribution is -2.45. The molecule has 0 aliphatic heterocycles. The summed E-state index contributed by atoms with van der Waals surface area (Å²) >= 11 is 0. The molecule has 0 saturated heterocycles. The molecule has 0 saturated carbocycles. The van der Waals surface area contributed by atoms with E-state index < -0.39 is 12.1 Å². The van der Waals surface area contributed by atoms with Gasteiger partial charge in [0.15, 0.2) is 0 Å². The fourth-order valence-corrected chi connectivity index (χ4v) is 11.4. The molecule has 0 aliphatic rings. The third-order valence-corrected chi connectivity index (χ3v) is 16.8. The second-order valence-electron chi connectivity index (χ2n) is 24.6. The van der Waals surface area contributed by atoms with Crippen molar-refractivity contribution in [2.24, 2.45) is 0 Å². The average molecular weight is 1090 g/mol. The largest absolute Gasteiger partial charge is 0.466 e. The molecule has 0 heterocycles. The van der Waals surface area contributed by atoms with Gasteiger partial charge in [0.25, 0.3) is 0 Å². The quantitative estimate of drug-likeness (QED) is 0.0320. The van der Waals surface area contributed by atoms with E-state index in [1.807, 2.05) is 6.08 Å². The van der Waals surface area contributed by atoms with Crippen LogP contribution in [0.5, 0.6) is 0 Å². The number of amides is 1. The zero-order valence-electron chi connectivity index (χ0n) is 52.5. The number of aliphatic hydroxyl groups excluding tert-OH is 2. The van der Waals surface area contributed by atoms with Gasteiger partial charge in [-0.15, -0.1) is 0 Å². The first kappa shape index (κ1) is 75.6. The molecular formula is C71H139NO5. The number of allylic oxidation sites excluding steroid dienone is 1. The minimum absolute atomic E-state index is 0.0175. The Bertz CT molecular complexity index is 1160. The van der Waals surface area contributed by atoms with Gasteiger partial charge in [0, 0.05) is 12.8 Å². The van der Waals surface area contributed by atoms with Crippen LogP contribution in [0.1, 0.15) is 406 Å². The van der Waals surface area contributed by atoms with Crippen molar-refractivity contribution in [3.05, 3.63) is 12.2 Å². The predicted molar refractivity (Wildman–Crippen MR) is 338 cm³/mol. The van der Waals surface area contributed by atoms with E-state index in [1.54, 1.807) is 6.08 Å². The maximum atomic E-state index is 12.5. The van der Waals surface area contributed by atoms with Gasteiger partial charge in [0.1, 0.15) is 0 Å². The van der Waals surface area contributed by atoms with Gasteiger partial charge >= 0.3 is 5.97 Å². The SMILES string of the molecule is CCCCCCCCCCCCCCCCCCCCCCC/C=C/C(O)C(CO)NC(=O)CCCCCCCCCCCCCCCCCCCCCCCCCCCCOC(=O)CCCCCCCCCCCCC. The van der Waals surface area contributed by atoms with Crippen molar-refractivity contribution in [3.63, 3.8) is 0 Å². The van der Waals surface area contributed by atoms with Crippen LogP contribution < -0.4 is 5.32 Å². The van der Waals surface area contributed by atoms with Crippen LogP contribution in [0.15, 0.2) is 12.2 Å². The van der Waals surface area contributed by atoms with E-state index in [1.165, 1.54) is 340 Å². The summed E-state index contributed by atoms with van der Waals surface area (Å²) in [5, 5.41) is 23.3. The van der Waals surface area contributed by atoms with Gasteiger partial charge in [-0.25, -0.2) is 0 Å². The standard InChI is InChI=1S/C71H139NO5/c1-3-5-7-9-11-13-15-16-17-18-19-20-25-28-31-34-37-40-44-47-51-55-59-63-69(74)68(67-73)72-70(75)64-60-56-52-48-45-41-38-35-32-29-26-23-21-22-24-27-30-33-36-39-42-46-50-54-58-62-66-77-71(76)65-61-57-53-49-43-14-12-10-8-6-4-2/h59,63,68-69,73-74H,3-58,60-62,64-67H2,1-2H3,(H,72,75)/b63-59+. The van der Waals surface area contributed by atoms with E-state index in [-0.39, 0.29) is 18.5 Å². The number of ether oxygens (including phenoxy) is 1. The Labute approximate surface area is 482 Å². The summed E-state index contributed by atoms with van der Waals surface area (Å²) in [6.45, 7) is 4.95. The Kier molecular flexibility index (Phi) is 65.9. The molecule has 0 fully saturated rings. The number of carbonyl (C=O) groups excluding carboxylic acids is 2. The maximum Gasteiger partial charge on any atom is 0.305 e. The highest BCUT2D eigenvalue weighted by molar-refractivity contribution is 5.76. The summed E-state index contributed by atoms with van der Waals surface area (Å²) < 4.78 is 5.48. The predicted octanol–water partition coefficient (Wildman–Crippen LogP) is 22.8. The summed E-state index contributed by atoms with van der Waals surface area (Å²) in [5.74, 6) is -0.0432. The molecule has 0 aromatic carbocycles. The third kappa shape index (κ3) is 63.6. The molecule has 2 unspecified atom stereocenters. The Morgan fingerprint density at radius 1 is 0.351 bits per heavy atom. The van der Waals surface area contributed by atoms with E-state index in [9.17, 15) is 19.8 Å². The topological polar surface area (TPSA) is 95.9 Å². The molecular weight excluding hydrogens is 947 g/mol. The molecule has 3 N–H and O–H groups in total. The monoisotopic (exact) mass is 1090 g/mol. The Morgan fingerprint density at radius 2 is 0.597 bits per heavy atom. The summed E-state index contributed by atoms with van der Waals surface area (Å²) in [5.41, 5.74) is 0. The Morgan fingerprint density at radius 3 is 0.883 bits per heavy atom. The third-order valence-electron chi connectivity index (χ3n) is 16.8. The highest BCUT2D eigenvalue weighted by Crippen LogP contribution is 2.19. The van der Waals surface area contributed by atoms with Crippen LogP contribution >= 0.6 is 0 Å². The number of nitrogens with one attached hydrogen (secondary N) is 1. The zero-order chi connectivity index (χ0) is 55.7. The van der Waals surface area contributed by atoms with Crippen LogP contribution in [0.4, 0.5) is 0 Å². The van der Waals surface area contributed by atoms with Gasteiger partial charge in [-0.1, -0.05) is 373 Å². The molecule has 0 rings (SSSR count). The fourth-order valence-electron chi connectivity index (χ4n) is 11.4. The maximum absolute atomic E-state index is 12.5. The lowest BCUT2D eigenvalue weighted by Gasteiger charge is -2.20. The summed E-state index contributed by atoms with van der Waals surface area (Å²) in [6.07, 6.45) is 82.9. The van der Waals surface area contributed by atoms with Crippen molar-refractivity contribution in [1.29, 1.82) is 0 Å². The van der Waals surface area contributed by atoms with Crippen molar-refractivity contribution >= 4 is 11.9 Å². The first-order valence-corrected chi connectivity index (χ1v) is 35.5. The number of carbonyl (C=O) groups is 2. The molecule has 0 aliphatic carbocycles. The Hall–Kier alpha value is -1.40. The van der Waals surface area contributed by atoms with E-state index in [2.05, 4.69) is 19.2 Å². The lowest BCUT2D eigenvalue weighted by molar-refractivity contribution is -0.143. The smallest absolute Gasteiger partial charge is 0.305 e. The lowest BCUT2D eigenvalue weighted by atomic mass is 10.0. The van der Waals surface area contributed by atoms with Gasteiger partial charge in [0.05, 0.1) is 25.4 Å². The van der Waals surface area contributed by atoms with Crippen molar-refractivity contribution in [2.45, 2.75) is 418 Å². The van der Waals surface area contributed by atoms with Gasteiger partial charge < -0.3 is 20.3 Å². The van der Waals surface area contributed by atoms with Crippen LogP contribution in [0.2, 0.25) is 0 Å². The number of aliphatic hydroxyl groups is 2. The number of unbranched alkanes of at least 4 members (excludes halogenated alkanes) is 56. The summed E-state index contributed by atoms with van der Waals surface area (Å²) in [4.78, 5) is 24.5. The minimum Gasteiger partial charge on any atom is -0.466 e. The molecule has 0 bridgehead atoms. The van der Waals surface area contributed by atoms with Gasteiger partial charge in [-0.3, -0.25) is 9.59 Å². The van der Waals surface area contributed by atoms with Crippen LogP contribution in [0.3, 0.4) is 0 Å². The van der Waals surface area contributed by atoms with E-state index in [0.717, 1.165) is 38.5 Å². The van der Waals surface area contributed by atoms with Gasteiger partial charge in [0.2, 0.25) is 5.91 Å². The average Bonchev–Trinajstić information content (AvgIpc) is 3.43. The van der Waals surface area contributed by atoms with Crippen molar-refractivity contribution in [1.82, 2.24) is 5.32 Å². The molecule has 458 valence electrons. The van der Waals surface area contributed by atoms with Crippen LogP contribution in [-0.2, 0) is 14.3 Å². The zero-order valence-corrected chi connectivity index (χ0v) is 52.5. The second-order valence-corrected chi connectivity index (χ2v) is 24.6. The molecule has 1 amide bonds. The van der Waals surface area contributed by atoms with Gasteiger partial charge in [-0.05, 0) is 32.1 Å². The molecule has 0 radical (unpaired) electrons.